The highest BCUT2D eigenvalue weighted by Gasteiger charge is 2.10. The van der Waals surface area contributed by atoms with Crippen molar-refractivity contribution < 1.29 is 4.39 Å². The summed E-state index contributed by atoms with van der Waals surface area (Å²) in [4.78, 5) is 0. The molecule has 0 aliphatic carbocycles. The average molecular weight is 239 g/mol. The van der Waals surface area contributed by atoms with E-state index in [2.05, 4.69) is 24.0 Å². The molecule has 2 aromatic rings. The van der Waals surface area contributed by atoms with E-state index in [4.69, 9.17) is 11.6 Å². The number of nitrogens with one attached hydrogen (secondary N) is 1. The minimum atomic E-state index is -0.339. The smallest absolute Gasteiger partial charge is 0.124 e. The topological polar surface area (TPSA) is 28.7 Å². The molecule has 0 atom stereocenters. The minimum Gasteiger partial charge on any atom is -0.282 e. The molecule has 1 heterocycles. The van der Waals surface area contributed by atoms with Crippen LogP contribution in [0.5, 0.6) is 0 Å². The van der Waals surface area contributed by atoms with Gasteiger partial charge >= 0.3 is 0 Å². The summed E-state index contributed by atoms with van der Waals surface area (Å²) < 4.78 is 12.9. The highest BCUT2D eigenvalue weighted by Crippen LogP contribution is 2.28. The Morgan fingerprint density at radius 3 is 2.62 bits per heavy atom. The Labute approximate surface area is 98.4 Å². The zero-order valence-corrected chi connectivity index (χ0v) is 9.85. The van der Waals surface area contributed by atoms with Crippen molar-refractivity contribution in [1.29, 1.82) is 0 Å². The van der Waals surface area contributed by atoms with Crippen LogP contribution < -0.4 is 0 Å². The molecule has 0 saturated heterocycles. The Balaban J connectivity index is 2.42. The third kappa shape index (κ3) is 2.09. The summed E-state index contributed by atoms with van der Waals surface area (Å²) in [5.41, 5.74) is 2.52. The minimum absolute atomic E-state index is 0.339. The maximum absolute atomic E-state index is 12.9. The molecule has 0 aliphatic heterocycles. The lowest BCUT2D eigenvalue weighted by atomic mass is 10.1. The molecule has 0 aliphatic rings. The summed E-state index contributed by atoms with van der Waals surface area (Å²) in [6.07, 6.45) is 0. The van der Waals surface area contributed by atoms with Crippen molar-refractivity contribution in [1.82, 2.24) is 10.2 Å². The van der Waals surface area contributed by atoms with E-state index >= 15 is 0 Å². The van der Waals surface area contributed by atoms with Crippen LogP contribution in [0.3, 0.4) is 0 Å². The molecule has 0 unspecified atom stereocenters. The zero-order valence-electron chi connectivity index (χ0n) is 9.09. The molecule has 84 valence electrons. The third-order valence-corrected chi connectivity index (χ3v) is 2.74. The van der Waals surface area contributed by atoms with Gasteiger partial charge < -0.3 is 0 Å². The van der Waals surface area contributed by atoms with Crippen molar-refractivity contribution >= 4 is 11.6 Å². The zero-order chi connectivity index (χ0) is 11.7. The Morgan fingerprint density at radius 1 is 1.31 bits per heavy atom. The fourth-order valence-electron chi connectivity index (χ4n) is 1.47. The summed E-state index contributed by atoms with van der Waals surface area (Å²) in [6.45, 7) is 4.15. The molecule has 2 rings (SSSR count). The molecular formula is C12H12ClFN2. The molecular weight excluding hydrogens is 227 g/mol. The second kappa shape index (κ2) is 4.26. The van der Waals surface area contributed by atoms with Crippen molar-refractivity contribution in [3.05, 3.63) is 40.8 Å². The number of nitrogens with zero attached hydrogens (tertiary/aromatic N) is 1. The van der Waals surface area contributed by atoms with Crippen molar-refractivity contribution in [3.63, 3.8) is 0 Å². The van der Waals surface area contributed by atoms with E-state index < -0.39 is 0 Å². The molecule has 1 N–H and O–H groups in total. The van der Waals surface area contributed by atoms with Gasteiger partial charge in [0.1, 0.15) is 5.82 Å². The van der Waals surface area contributed by atoms with Crippen LogP contribution in [0.25, 0.3) is 11.3 Å². The first-order valence-corrected chi connectivity index (χ1v) is 5.46. The number of aromatic nitrogens is 2. The van der Waals surface area contributed by atoms with Gasteiger partial charge in [0.15, 0.2) is 0 Å². The summed E-state index contributed by atoms with van der Waals surface area (Å²) in [6, 6.07) is 6.24. The predicted octanol–water partition coefficient (Wildman–Crippen LogP) is 3.99. The van der Waals surface area contributed by atoms with Crippen molar-refractivity contribution in [2.45, 2.75) is 19.8 Å². The van der Waals surface area contributed by atoms with E-state index in [-0.39, 0.29) is 5.82 Å². The van der Waals surface area contributed by atoms with Gasteiger partial charge in [0.05, 0.1) is 10.7 Å². The Bertz CT molecular complexity index is 505. The monoisotopic (exact) mass is 238 g/mol. The van der Waals surface area contributed by atoms with Crippen LogP contribution in [0.4, 0.5) is 4.39 Å². The first-order valence-electron chi connectivity index (χ1n) is 5.08. The first-order chi connectivity index (χ1) is 7.58. The molecule has 0 radical (unpaired) electrons. The van der Waals surface area contributed by atoms with E-state index in [1.807, 2.05) is 6.07 Å². The summed E-state index contributed by atoms with van der Waals surface area (Å²) in [5, 5.41) is 7.49. The van der Waals surface area contributed by atoms with Crippen LogP contribution in [0, 0.1) is 5.82 Å². The maximum Gasteiger partial charge on any atom is 0.124 e. The Morgan fingerprint density at radius 2 is 2.06 bits per heavy atom. The fourth-order valence-corrected chi connectivity index (χ4v) is 1.73. The standard InChI is InChI=1S/C12H12ClFN2/c1-7(2)11-6-12(16-15-11)9-4-3-8(14)5-10(9)13/h3-7H,1-2H3,(H,15,16). The van der Waals surface area contributed by atoms with Crippen molar-refractivity contribution in [2.24, 2.45) is 0 Å². The predicted molar refractivity (Wildman–Crippen MR) is 63.1 cm³/mol. The van der Waals surface area contributed by atoms with E-state index in [0.717, 1.165) is 17.0 Å². The van der Waals surface area contributed by atoms with Gasteiger partial charge in [-0.15, -0.1) is 0 Å². The fraction of sp³-hybridized carbons (Fsp3) is 0.250. The van der Waals surface area contributed by atoms with Crippen LogP contribution in [0.1, 0.15) is 25.5 Å². The molecule has 0 spiro atoms. The lowest BCUT2D eigenvalue weighted by molar-refractivity contribution is 0.628. The number of H-pyrrole nitrogens is 1. The van der Waals surface area contributed by atoms with Crippen LogP contribution >= 0.6 is 11.6 Å². The number of rotatable bonds is 2. The van der Waals surface area contributed by atoms with E-state index in [1.54, 1.807) is 6.07 Å². The molecule has 0 saturated carbocycles. The second-order valence-corrected chi connectivity index (χ2v) is 4.39. The highest BCUT2D eigenvalue weighted by atomic mass is 35.5. The quantitative estimate of drug-likeness (QED) is 0.842. The largest absolute Gasteiger partial charge is 0.282 e. The molecule has 0 fully saturated rings. The molecule has 0 bridgehead atoms. The molecule has 1 aromatic heterocycles. The lowest BCUT2D eigenvalue weighted by Crippen LogP contribution is -1.85. The van der Waals surface area contributed by atoms with Crippen molar-refractivity contribution in [3.8, 4) is 11.3 Å². The Kier molecular flexibility index (Phi) is 2.97. The Hall–Kier alpha value is -1.35. The van der Waals surface area contributed by atoms with Gasteiger partial charge in [0.2, 0.25) is 0 Å². The van der Waals surface area contributed by atoms with Gasteiger partial charge in [-0.05, 0) is 30.2 Å². The van der Waals surface area contributed by atoms with E-state index in [0.29, 0.717) is 10.9 Å². The maximum atomic E-state index is 12.9. The summed E-state index contributed by atoms with van der Waals surface area (Å²) in [5.74, 6) is 0.0360. The average Bonchev–Trinajstić information content (AvgIpc) is 2.66. The number of benzene rings is 1. The van der Waals surface area contributed by atoms with Gasteiger partial charge in [0.25, 0.3) is 0 Å². The van der Waals surface area contributed by atoms with Gasteiger partial charge in [-0.25, -0.2) is 4.39 Å². The van der Waals surface area contributed by atoms with Crippen LogP contribution in [0.2, 0.25) is 5.02 Å². The van der Waals surface area contributed by atoms with Gasteiger partial charge in [-0.1, -0.05) is 25.4 Å². The molecule has 2 nitrogen and oxygen atoms in total. The molecule has 16 heavy (non-hydrogen) atoms. The first kappa shape index (κ1) is 11.1. The van der Waals surface area contributed by atoms with E-state index in [1.165, 1.54) is 12.1 Å². The second-order valence-electron chi connectivity index (χ2n) is 3.99. The third-order valence-electron chi connectivity index (χ3n) is 2.43. The summed E-state index contributed by atoms with van der Waals surface area (Å²) >= 11 is 5.96. The van der Waals surface area contributed by atoms with Crippen molar-refractivity contribution in [2.75, 3.05) is 0 Å². The molecule has 0 amide bonds. The number of aromatic amines is 1. The number of hydrogen-bond acceptors (Lipinski definition) is 1. The molecule has 4 heteroatoms. The van der Waals surface area contributed by atoms with E-state index in [9.17, 15) is 4.39 Å². The van der Waals surface area contributed by atoms with Crippen LogP contribution in [-0.4, -0.2) is 10.2 Å². The number of hydrogen-bond donors (Lipinski definition) is 1. The highest BCUT2D eigenvalue weighted by molar-refractivity contribution is 6.33. The van der Waals surface area contributed by atoms with Crippen LogP contribution in [0.15, 0.2) is 24.3 Å². The van der Waals surface area contributed by atoms with Gasteiger partial charge in [-0.3, -0.25) is 5.10 Å². The SMILES string of the molecule is CC(C)c1cc(-c2ccc(F)cc2Cl)n[nH]1. The van der Waals surface area contributed by atoms with Crippen LogP contribution in [-0.2, 0) is 0 Å². The normalized spacial score (nSPS) is 11.1. The lowest BCUT2D eigenvalue weighted by Gasteiger charge is -2.00. The van der Waals surface area contributed by atoms with Gasteiger partial charge in [0, 0.05) is 11.3 Å². The summed E-state index contributed by atoms with van der Waals surface area (Å²) in [7, 11) is 0. The molecule has 1 aromatic carbocycles. The van der Waals surface area contributed by atoms with Gasteiger partial charge in [-0.2, -0.15) is 5.10 Å². The number of halogens is 2.